The highest BCUT2D eigenvalue weighted by Gasteiger charge is 2.18. The van der Waals surface area contributed by atoms with Crippen LogP contribution in [0.3, 0.4) is 0 Å². The van der Waals surface area contributed by atoms with Crippen LogP contribution >= 0.6 is 12.4 Å². The molecule has 0 radical (unpaired) electrons. The van der Waals surface area contributed by atoms with Crippen molar-refractivity contribution in [3.8, 4) is 11.5 Å². The number of nitrogens with two attached hydrogens (primary N) is 1. The molecular formula is C20H22ClNO6. The molecular weight excluding hydrogens is 386 g/mol. The number of carbonyl (C=O) groups excluding carboxylic acids is 3. The van der Waals surface area contributed by atoms with Crippen LogP contribution in [-0.2, 0) is 32.1 Å². The lowest BCUT2D eigenvalue weighted by Gasteiger charge is -2.14. The van der Waals surface area contributed by atoms with Crippen LogP contribution in [0.5, 0.6) is 11.5 Å². The zero-order valence-electron chi connectivity index (χ0n) is 15.5. The molecule has 2 rings (SSSR count). The monoisotopic (exact) mass is 407 g/mol. The maximum atomic E-state index is 12.1. The van der Waals surface area contributed by atoms with Crippen molar-refractivity contribution in [2.24, 2.45) is 5.73 Å². The van der Waals surface area contributed by atoms with E-state index in [0.29, 0.717) is 5.56 Å². The van der Waals surface area contributed by atoms with Crippen molar-refractivity contribution in [2.75, 3.05) is 0 Å². The summed E-state index contributed by atoms with van der Waals surface area (Å²) >= 11 is 0. The molecule has 0 heterocycles. The molecule has 0 aliphatic carbocycles. The van der Waals surface area contributed by atoms with Crippen LogP contribution in [0, 0.1) is 0 Å². The molecule has 1 atom stereocenters. The summed E-state index contributed by atoms with van der Waals surface area (Å²) in [5.74, 6) is -1.46. The normalized spacial score (nSPS) is 11.0. The van der Waals surface area contributed by atoms with Gasteiger partial charge in [0, 0.05) is 13.8 Å². The van der Waals surface area contributed by atoms with Gasteiger partial charge in [-0.05, 0) is 29.7 Å². The standard InChI is InChI=1S/C20H21NO6.ClH/c1-13(22)26-18-9-8-16(11-19(18)27-14(2)23)10-17(21)20(24)25-12-15-6-4-3-5-7-15;/h3-9,11,17H,10,12,21H2,1-2H3;1H/t17-;/m0./s1. The first-order chi connectivity index (χ1) is 12.8. The molecule has 0 aliphatic heterocycles. The van der Waals surface area contributed by atoms with Gasteiger partial charge in [-0.15, -0.1) is 12.4 Å². The van der Waals surface area contributed by atoms with Gasteiger partial charge in [-0.1, -0.05) is 36.4 Å². The van der Waals surface area contributed by atoms with Gasteiger partial charge in [0.05, 0.1) is 0 Å². The Bertz CT molecular complexity index is 825. The summed E-state index contributed by atoms with van der Waals surface area (Å²) in [5, 5.41) is 0. The van der Waals surface area contributed by atoms with Crippen molar-refractivity contribution < 1.29 is 28.6 Å². The molecule has 0 aliphatic rings. The minimum absolute atomic E-state index is 0. The Balaban J connectivity index is 0.00000392. The number of halogens is 1. The van der Waals surface area contributed by atoms with Crippen LogP contribution in [0.1, 0.15) is 25.0 Å². The number of benzene rings is 2. The van der Waals surface area contributed by atoms with Crippen LogP contribution in [0.15, 0.2) is 48.5 Å². The first kappa shape index (κ1) is 23.1. The van der Waals surface area contributed by atoms with Crippen molar-refractivity contribution in [2.45, 2.75) is 32.9 Å². The zero-order chi connectivity index (χ0) is 19.8. The SMILES string of the molecule is CC(=O)Oc1ccc(C[C@H](N)C(=O)OCc2ccccc2)cc1OC(C)=O.Cl. The van der Waals surface area contributed by atoms with Crippen LogP contribution in [0.2, 0.25) is 0 Å². The number of rotatable bonds is 7. The third kappa shape index (κ3) is 7.38. The van der Waals surface area contributed by atoms with Gasteiger partial charge in [0.25, 0.3) is 0 Å². The molecule has 7 nitrogen and oxygen atoms in total. The molecule has 2 N–H and O–H groups in total. The summed E-state index contributed by atoms with van der Waals surface area (Å²) in [6, 6.07) is 13.0. The minimum atomic E-state index is -0.890. The second-order valence-electron chi connectivity index (χ2n) is 5.87. The topological polar surface area (TPSA) is 105 Å². The van der Waals surface area contributed by atoms with Crippen molar-refractivity contribution >= 4 is 30.3 Å². The van der Waals surface area contributed by atoms with Gasteiger partial charge in [-0.3, -0.25) is 14.4 Å². The first-order valence-electron chi connectivity index (χ1n) is 8.31. The zero-order valence-corrected chi connectivity index (χ0v) is 16.4. The van der Waals surface area contributed by atoms with E-state index < -0.39 is 23.9 Å². The Morgan fingerprint density at radius 3 is 2.11 bits per heavy atom. The van der Waals surface area contributed by atoms with Gasteiger partial charge in [-0.25, -0.2) is 0 Å². The smallest absolute Gasteiger partial charge is 0.323 e. The van der Waals surface area contributed by atoms with Crippen LogP contribution in [0.25, 0.3) is 0 Å². The Morgan fingerprint density at radius 1 is 0.893 bits per heavy atom. The molecule has 0 amide bonds. The summed E-state index contributed by atoms with van der Waals surface area (Å²) in [7, 11) is 0. The van der Waals surface area contributed by atoms with E-state index in [1.54, 1.807) is 6.07 Å². The van der Waals surface area contributed by atoms with E-state index in [1.165, 1.54) is 26.0 Å². The lowest BCUT2D eigenvalue weighted by Crippen LogP contribution is -2.34. The van der Waals surface area contributed by atoms with Crippen LogP contribution < -0.4 is 15.2 Å². The van der Waals surface area contributed by atoms with Crippen LogP contribution in [0.4, 0.5) is 0 Å². The second kappa shape index (κ2) is 11.1. The summed E-state index contributed by atoms with van der Waals surface area (Å²) < 4.78 is 15.3. The number of ether oxygens (including phenoxy) is 3. The molecule has 0 unspecified atom stereocenters. The maximum Gasteiger partial charge on any atom is 0.323 e. The number of carbonyl (C=O) groups is 3. The minimum Gasteiger partial charge on any atom is -0.460 e. The van der Waals surface area contributed by atoms with Crippen molar-refractivity contribution in [3.05, 3.63) is 59.7 Å². The average molecular weight is 408 g/mol. The van der Waals surface area contributed by atoms with E-state index in [1.807, 2.05) is 30.3 Å². The number of hydrogen-bond acceptors (Lipinski definition) is 7. The van der Waals surface area contributed by atoms with E-state index in [-0.39, 0.29) is 36.9 Å². The highest BCUT2D eigenvalue weighted by molar-refractivity contribution is 5.85. The number of hydrogen-bond donors (Lipinski definition) is 1. The molecule has 0 bridgehead atoms. The molecule has 0 aromatic heterocycles. The molecule has 0 saturated heterocycles. The summed E-state index contributed by atoms with van der Waals surface area (Å²) in [6.45, 7) is 2.61. The Morgan fingerprint density at radius 2 is 1.50 bits per heavy atom. The summed E-state index contributed by atoms with van der Waals surface area (Å²) in [6.07, 6.45) is 0.169. The molecule has 2 aromatic rings. The van der Waals surface area contributed by atoms with E-state index in [2.05, 4.69) is 0 Å². The predicted octanol–water partition coefficient (Wildman–Crippen LogP) is 2.57. The first-order valence-corrected chi connectivity index (χ1v) is 8.31. The average Bonchev–Trinajstić information content (AvgIpc) is 2.62. The van der Waals surface area contributed by atoms with Gasteiger partial charge < -0.3 is 19.9 Å². The van der Waals surface area contributed by atoms with E-state index in [9.17, 15) is 14.4 Å². The van der Waals surface area contributed by atoms with Crippen molar-refractivity contribution in [1.82, 2.24) is 0 Å². The molecule has 8 heteroatoms. The molecule has 0 saturated carbocycles. The summed E-state index contributed by atoms with van der Waals surface area (Å²) in [4.78, 5) is 34.5. The van der Waals surface area contributed by atoms with Gasteiger partial charge in [-0.2, -0.15) is 0 Å². The molecule has 28 heavy (non-hydrogen) atoms. The van der Waals surface area contributed by atoms with Crippen LogP contribution in [-0.4, -0.2) is 23.9 Å². The van der Waals surface area contributed by atoms with Gasteiger partial charge >= 0.3 is 17.9 Å². The lowest BCUT2D eigenvalue weighted by atomic mass is 10.1. The Kier molecular flexibility index (Phi) is 9.14. The van der Waals surface area contributed by atoms with E-state index >= 15 is 0 Å². The molecule has 2 aromatic carbocycles. The predicted molar refractivity (Wildman–Crippen MR) is 104 cm³/mol. The fourth-order valence-corrected chi connectivity index (χ4v) is 2.33. The summed E-state index contributed by atoms with van der Waals surface area (Å²) in [5.41, 5.74) is 7.41. The maximum absolute atomic E-state index is 12.1. The third-order valence-electron chi connectivity index (χ3n) is 3.50. The van der Waals surface area contributed by atoms with E-state index in [4.69, 9.17) is 19.9 Å². The molecule has 150 valence electrons. The van der Waals surface area contributed by atoms with E-state index in [0.717, 1.165) is 5.56 Å². The van der Waals surface area contributed by atoms with Gasteiger partial charge in [0.15, 0.2) is 11.5 Å². The molecule has 0 spiro atoms. The highest BCUT2D eigenvalue weighted by atomic mass is 35.5. The largest absolute Gasteiger partial charge is 0.460 e. The third-order valence-corrected chi connectivity index (χ3v) is 3.50. The Labute approximate surface area is 169 Å². The fraction of sp³-hybridized carbons (Fsp3) is 0.250. The Hall–Kier alpha value is -2.90. The fourth-order valence-electron chi connectivity index (χ4n) is 2.33. The second-order valence-corrected chi connectivity index (χ2v) is 5.87. The van der Waals surface area contributed by atoms with Crippen molar-refractivity contribution in [1.29, 1.82) is 0 Å². The lowest BCUT2D eigenvalue weighted by molar-refractivity contribution is -0.146. The molecule has 0 fully saturated rings. The highest BCUT2D eigenvalue weighted by Crippen LogP contribution is 2.29. The number of esters is 3. The van der Waals surface area contributed by atoms with Gasteiger partial charge in [0.1, 0.15) is 12.6 Å². The van der Waals surface area contributed by atoms with Gasteiger partial charge in [0.2, 0.25) is 0 Å². The quantitative estimate of drug-likeness (QED) is 0.555. The van der Waals surface area contributed by atoms with Crippen molar-refractivity contribution in [3.63, 3.8) is 0 Å².